The Labute approximate surface area is 170 Å². The molecule has 2 amide bonds. The lowest BCUT2D eigenvalue weighted by Crippen LogP contribution is -2.29. The van der Waals surface area contributed by atoms with E-state index in [2.05, 4.69) is 22.3 Å². The smallest absolute Gasteiger partial charge is 0.229 e. The van der Waals surface area contributed by atoms with Crippen LogP contribution in [0.4, 0.5) is 17.1 Å². The molecule has 0 spiro atoms. The third-order valence-electron chi connectivity index (χ3n) is 5.47. The van der Waals surface area contributed by atoms with Gasteiger partial charge in [0, 0.05) is 48.1 Å². The Morgan fingerprint density at radius 2 is 1.75 bits per heavy atom. The second-order valence-electron chi connectivity index (χ2n) is 7.47. The molecule has 2 aliphatic heterocycles. The summed E-state index contributed by atoms with van der Waals surface area (Å²) in [6.07, 6.45) is 3.98. The molecule has 0 aromatic heterocycles. The first-order valence-corrected chi connectivity index (χ1v) is 10.2. The van der Waals surface area contributed by atoms with E-state index in [4.69, 9.17) is 11.6 Å². The predicted octanol–water partition coefficient (Wildman–Crippen LogP) is 4.32. The van der Waals surface area contributed by atoms with Crippen molar-refractivity contribution in [2.45, 2.75) is 25.7 Å². The molecule has 0 radical (unpaired) electrons. The van der Waals surface area contributed by atoms with Gasteiger partial charge < -0.3 is 15.1 Å². The summed E-state index contributed by atoms with van der Waals surface area (Å²) in [5.41, 5.74) is 2.69. The number of nitrogens with zero attached hydrogens (tertiary/aromatic N) is 2. The van der Waals surface area contributed by atoms with Crippen LogP contribution >= 0.6 is 11.6 Å². The lowest BCUT2D eigenvalue weighted by molar-refractivity contribution is -0.122. The van der Waals surface area contributed by atoms with Gasteiger partial charge in [-0.3, -0.25) is 9.59 Å². The van der Waals surface area contributed by atoms with Gasteiger partial charge in [-0.15, -0.1) is 0 Å². The normalized spacial score (nSPS) is 19.8. The highest BCUT2D eigenvalue weighted by Crippen LogP contribution is 2.28. The molecule has 2 saturated heterocycles. The Kier molecular flexibility index (Phi) is 5.53. The number of rotatable bonds is 4. The van der Waals surface area contributed by atoms with Crippen LogP contribution in [0.2, 0.25) is 5.02 Å². The maximum atomic E-state index is 12.7. The maximum absolute atomic E-state index is 12.7. The fourth-order valence-electron chi connectivity index (χ4n) is 3.93. The number of halogens is 1. The van der Waals surface area contributed by atoms with Gasteiger partial charge in [0.2, 0.25) is 11.8 Å². The number of benzene rings is 2. The molecule has 2 aromatic carbocycles. The molecule has 5 nitrogen and oxygen atoms in total. The van der Waals surface area contributed by atoms with Crippen LogP contribution in [-0.4, -0.2) is 31.4 Å². The number of carbonyl (C=O) groups excluding carboxylic acids is 2. The number of amides is 2. The van der Waals surface area contributed by atoms with Crippen LogP contribution < -0.4 is 15.1 Å². The number of hydrogen-bond acceptors (Lipinski definition) is 3. The minimum absolute atomic E-state index is 0.0529. The van der Waals surface area contributed by atoms with Crippen molar-refractivity contribution in [2.75, 3.05) is 34.8 Å². The fraction of sp³-hybridized carbons (Fsp3) is 0.364. The Balaban J connectivity index is 1.38. The first-order valence-electron chi connectivity index (χ1n) is 9.82. The van der Waals surface area contributed by atoms with E-state index in [-0.39, 0.29) is 24.2 Å². The Morgan fingerprint density at radius 1 is 1.00 bits per heavy atom. The summed E-state index contributed by atoms with van der Waals surface area (Å²) < 4.78 is 0. The van der Waals surface area contributed by atoms with Gasteiger partial charge in [0.15, 0.2) is 0 Å². The van der Waals surface area contributed by atoms with E-state index in [9.17, 15) is 9.59 Å². The zero-order valence-corrected chi connectivity index (χ0v) is 16.5. The van der Waals surface area contributed by atoms with Crippen LogP contribution in [0.1, 0.15) is 25.7 Å². The maximum Gasteiger partial charge on any atom is 0.229 e. The van der Waals surface area contributed by atoms with Crippen LogP contribution in [0.3, 0.4) is 0 Å². The van der Waals surface area contributed by atoms with E-state index in [1.165, 1.54) is 24.9 Å². The first-order chi connectivity index (χ1) is 13.6. The highest BCUT2D eigenvalue weighted by atomic mass is 35.5. The number of hydrogen-bond donors (Lipinski definition) is 1. The zero-order valence-electron chi connectivity index (χ0n) is 15.7. The molecular weight excluding hydrogens is 374 g/mol. The molecule has 146 valence electrons. The molecular formula is C22H24ClN3O2. The topological polar surface area (TPSA) is 52.7 Å². The van der Waals surface area contributed by atoms with Gasteiger partial charge in [-0.05, 0) is 61.7 Å². The van der Waals surface area contributed by atoms with Crippen LogP contribution in [0.25, 0.3) is 0 Å². The molecule has 2 heterocycles. The fourth-order valence-corrected chi connectivity index (χ4v) is 4.11. The number of anilines is 3. The van der Waals surface area contributed by atoms with E-state index < -0.39 is 0 Å². The van der Waals surface area contributed by atoms with E-state index >= 15 is 0 Å². The van der Waals surface area contributed by atoms with Crippen molar-refractivity contribution in [3.05, 3.63) is 53.6 Å². The highest BCUT2D eigenvalue weighted by Gasteiger charge is 2.35. The molecule has 2 aromatic rings. The monoisotopic (exact) mass is 397 g/mol. The summed E-state index contributed by atoms with van der Waals surface area (Å²) in [6.45, 7) is 2.56. The average Bonchev–Trinajstić information content (AvgIpc) is 3.11. The van der Waals surface area contributed by atoms with E-state index in [1.54, 1.807) is 17.0 Å². The third-order valence-corrected chi connectivity index (χ3v) is 5.71. The molecule has 0 bridgehead atoms. The molecule has 4 rings (SSSR count). The molecule has 28 heavy (non-hydrogen) atoms. The average molecular weight is 398 g/mol. The van der Waals surface area contributed by atoms with Gasteiger partial charge in [0.25, 0.3) is 0 Å². The van der Waals surface area contributed by atoms with Crippen molar-refractivity contribution >= 4 is 40.5 Å². The van der Waals surface area contributed by atoms with E-state index in [1.807, 2.05) is 24.3 Å². The molecule has 1 unspecified atom stereocenters. The van der Waals surface area contributed by atoms with Crippen LogP contribution in [0.5, 0.6) is 0 Å². The largest absolute Gasteiger partial charge is 0.372 e. The van der Waals surface area contributed by atoms with Gasteiger partial charge in [-0.2, -0.15) is 0 Å². The Bertz CT molecular complexity index is 862. The van der Waals surface area contributed by atoms with Gasteiger partial charge in [0.05, 0.1) is 5.92 Å². The van der Waals surface area contributed by atoms with Crippen molar-refractivity contribution in [3.63, 3.8) is 0 Å². The zero-order chi connectivity index (χ0) is 19.5. The SMILES string of the molecule is O=C(Nc1ccc(N2CCCCC2)cc1)C1CC(=O)N(c2cccc(Cl)c2)C1. The highest BCUT2D eigenvalue weighted by molar-refractivity contribution is 6.31. The summed E-state index contributed by atoms with van der Waals surface area (Å²) in [4.78, 5) is 29.1. The van der Waals surface area contributed by atoms with Gasteiger partial charge >= 0.3 is 0 Å². The van der Waals surface area contributed by atoms with Crippen LogP contribution in [0, 0.1) is 5.92 Å². The Hall–Kier alpha value is -2.53. The van der Waals surface area contributed by atoms with Gasteiger partial charge in [-0.1, -0.05) is 17.7 Å². The van der Waals surface area contributed by atoms with E-state index in [0.29, 0.717) is 11.6 Å². The minimum Gasteiger partial charge on any atom is -0.372 e. The molecule has 0 aliphatic carbocycles. The number of piperidine rings is 1. The molecule has 0 saturated carbocycles. The quantitative estimate of drug-likeness (QED) is 0.835. The summed E-state index contributed by atoms with van der Waals surface area (Å²) in [6, 6.07) is 15.1. The summed E-state index contributed by atoms with van der Waals surface area (Å²) in [5, 5.41) is 3.53. The van der Waals surface area contributed by atoms with Crippen LogP contribution in [0.15, 0.2) is 48.5 Å². The number of carbonyl (C=O) groups is 2. The molecule has 2 fully saturated rings. The number of nitrogens with one attached hydrogen (secondary N) is 1. The van der Waals surface area contributed by atoms with Gasteiger partial charge in [0.1, 0.15) is 0 Å². The standard InChI is InChI=1S/C22H24ClN3O2/c23-17-5-4-6-20(14-17)26-15-16(13-21(26)27)22(28)24-18-7-9-19(10-8-18)25-11-2-1-3-12-25/h4-10,14,16H,1-3,11-13,15H2,(H,24,28). The van der Waals surface area contributed by atoms with Crippen molar-refractivity contribution < 1.29 is 9.59 Å². The van der Waals surface area contributed by atoms with Crippen molar-refractivity contribution in [2.24, 2.45) is 5.92 Å². The summed E-state index contributed by atoms with van der Waals surface area (Å²) in [7, 11) is 0. The van der Waals surface area contributed by atoms with E-state index in [0.717, 1.165) is 24.5 Å². The summed E-state index contributed by atoms with van der Waals surface area (Å²) >= 11 is 6.03. The second-order valence-corrected chi connectivity index (χ2v) is 7.91. The van der Waals surface area contributed by atoms with Crippen molar-refractivity contribution in [1.82, 2.24) is 0 Å². The Morgan fingerprint density at radius 3 is 2.46 bits per heavy atom. The van der Waals surface area contributed by atoms with Crippen molar-refractivity contribution in [1.29, 1.82) is 0 Å². The van der Waals surface area contributed by atoms with Crippen molar-refractivity contribution in [3.8, 4) is 0 Å². The molecule has 1 N–H and O–H groups in total. The van der Waals surface area contributed by atoms with Gasteiger partial charge in [-0.25, -0.2) is 0 Å². The van der Waals surface area contributed by atoms with Crippen LogP contribution in [-0.2, 0) is 9.59 Å². The minimum atomic E-state index is -0.367. The molecule has 6 heteroatoms. The second kappa shape index (κ2) is 8.23. The molecule has 2 aliphatic rings. The third kappa shape index (κ3) is 4.14. The summed E-state index contributed by atoms with van der Waals surface area (Å²) in [5.74, 6) is -0.542. The lowest BCUT2D eigenvalue weighted by atomic mass is 10.1. The lowest BCUT2D eigenvalue weighted by Gasteiger charge is -2.28. The molecule has 1 atom stereocenters. The first kappa shape index (κ1) is 18.8. The predicted molar refractivity (Wildman–Crippen MR) is 113 cm³/mol.